The number of nitrogens with zero attached hydrogens (tertiary/aromatic N) is 2. The maximum atomic E-state index is 6.39. The van der Waals surface area contributed by atoms with Gasteiger partial charge in [0.15, 0.2) is 0 Å². The molecule has 4 rings (SSSR count). The second-order valence-electron chi connectivity index (χ2n) is 6.23. The third-order valence-electron chi connectivity index (χ3n) is 4.58. The molecule has 3 aromatic rings. The van der Waals surface area contributed by atoms with Gasteiger partial charge < -0.3 is 15.0 Å². The summed E-state index contributed by atoms with van der Waals surface area (Å²) in [5.74, 6) is 0. The molecular formula is C18H20Cl2N4O. The number of anilines is 1. The predicted molar refractivity (Wildman–Crippen MR) is 103 cm³/mol. The Morgan fingerprint density at radius 3 is 3.04 bits per heavy atom. The fourth-order valence-corrected chi connectivity index (χ4v) is 3.79. The number of hydrogen-bond donors (Lipinski definition) is 2. The molecule has 1 fully saturated rings. The standard InChI is InChI=1S/C18H20Cl2N4O/c1-2-21-14-7-13(19)17(20)18-16(14)12(9-22-18)11-8-23-24(10-11)15-5-3-4-6-25-15/h7-10,15,21-22H,2-6H2,1H3. The summed E-state index contributed by atoms with van der Waals surface area (Å²) in [6.07, 6.45) is 9.19. The van der Waals surface area contributed by atoms with E-state index in [1.807, 2.05) is 29.3 Å². The molecule has 7 heteroatoms. The highest BCUT2D eigenvalue weighted by Crippen LogP contribution is 2.41. The Bertz CT molecular complexity index is 896. The van der Waals surface area contributed by atoms with Gasteiger partial charge in [-0.1, -0.05) is 23.2 Å². The predicted octanol–water partition coefficient (Wildman–Crippen LogP) is 5.47. The number of rotatable bonds is 4. The van der Waals surface area contributed by atoms with Crippen molar-refractivity contribution in [3.63, 3.8) is 0 Å². The molecule has 0 aliphatic carbocycles. The van der Waals surface area contributed by atoms with Crippen LogP contribution in [0.3, 0.4) is 0 Å². The van der Waals surface area contributed by atoms with E-state index in [-0.39, 0.29) is 6.23 Å². The van der Waals surface area contributed by atoms with Crippen LogP contribution in [0.15, 0.2) is 24.7 Å². The van der Waals surface area contributed by atoms with Crippen LogP contribution in [0.5, 0.6) is 0 Å². The molecule has 0 bridgehead atoms. The average molecular weight is 379 g/mol. The molecule has 2 aromatic heterocycles. The minimum Gasteiger partial charge on any atom is -0.385 e. The summed E-state index contributed by atoms with van der Waals surface area (Å²) in [6, 6.07) is 1.88. The van der Waals surface area contributed by atoms with Crippen LogP contribution in [0.2, 0.25) is 10.0 Å². The smallest absolute Gasteiger partial charge is 0.150 e. The van der Waals surface area contributed by atoms with Crippen LogP contribution in [-0.4, -0.2) is 27.9 Å². The highest BCUT2D eigenvalue weighted by Gasteiger charge is 2.20. The number of aromatic nitrogens is 3. The fraction of sp³-hybridized carbons (Fsp3) is 0.389. The second kappa shape index (κ2) is 6.90. The summed E-state index contributed by atoms with van der Waals surface area (Å²) < 4.78 is 7.74. The minimum atomic E-state index is 0.0268. The van der Waals surface area contributed by atoms with Crippen molar-refractivity contribution in [2.75, 3.05) is 18.5 Å². The first-order valence-corrected chi connectivity index (χ1v) is 9.33. The van der Waals surface area contributed by atoms with Gasteiger partial charge in [-0.2, -0.15) is 5.10 Å². The zero-order valence-electron chi connectivity index (χ0n) is 14.0. The van der Waals surface area contributed by atoms with Crippen molar-refractivity contribution in [3.8, 4) is 11.1 Å². The van der Waals surface area contributed by atoms with Gasteiger partial charge in [-0.3, -0.25) is 0 Å². The number of nitrogens with one attached hydrogen (secondary N) is 2. The second-order valence-corrected chi connectivity index (χ2v) is 7.02. The number of fused-ring (bicyclic) bond motifs is 1. The largest absolute Gasteiger partial charge is 0.385 e. The molecule has 1 saturated heterocycles. The van der Waals surface area contributed by atoms with E-state index in [9.17, 15) is 0 Å². The van der Waals surface area contributed by atoms with E-state index in [1.165, 1.54) is 6.42 Å². The monoisotopic (exact) mass is 378 g/mol. The highest BCUT2D eigenvalue weighted by molar-refractivity contribution is 6.46. The first kappa shape index (κ1) is 16.8. The molecule has 0 amide bonds. The molecule has 0 spiro atoms. The van der Waals surface area contributed by atoms with Crippen LogP contribution in [0.4, 0.5) is 5.69 Å². The Labute approximate surface area is 156 Å². The van der Waals surface area contributed by atoms with Crippen LogP contribution < -0.4 is 5.32 Å². The lowest BCUT2D eigenvalue weighted by Crippen LogP contribution is -2.18. The van der Waals surface area contributed by atoms with Crippen molar-refractivity contribution in [1.29, 1.82) is 0 Å². The van der Waals surface area contributed by atoms with Gasteiger partial charge in [-0.15, -0.1) is 0 Å². The van der Waals surface area contributed by atoms with Crippen LogP contribution in [-0.2, 0) is 4.74 Å². The minimum absolute atomic E-state index is 0.0268. The molecular weight excluding hydrogens is 359 g/mol. The molecule has 2 N–H and O–H groups in total. The summed E-state index contributed by atoms with van der Waals surface area (Å²) >= 11 is 12.7. The number of ether oxygens (including phenoxy) is 1. The van der Waals surface area contributed by atoms with Crippen molar-refractivity contribution >= 4 is 39.8 Å². The van der Waals surface area contributed by atoms with Gasteiger partial charge in [0.25, 0.3) is 0 Å². The topological polar surface area (TPSA) is 54.9 Å². The van der Waals surface area contributed by atoms with Crippen molar-refractivity contribution in [2.45, 2.75) is 32.4 Å². The Kier molecular flexibility index (Phi) is 4.63. The van der Waals surface area contributed by atoms with Crippen molar-refractivity contribution in [1.82, 2.24) is 14.8 Å². The SMILES string of the molecule is CCNc1cc(Cl)c(Cl)c2[nH]cc(-c3cnn(C4CCCCO4)c3)c12. The van der Waals surface area contributed by atoms with Crippen molar-refractivity contribution in [3.05, 3.63) is 34.7 Å². The van der Waals surface area contributed by atoms with Gasteiger partial charge in [0.2, 0.25) is 0 Å². The number of H-pyrrole nitrogens is 1. The number of hydrogen-bond acceptors (Lipinski definition) is 3. The Balaban J connectivity index is 1.79. The van der Waals surface area contributed by atoms with Crippen LogP contribution in [0.25, 0.3) is 22.0 Å². The Morgan fingerprint density at radius 1 is 1.40 bits per heavy atom. The Hall–Kier alpha value is -1.69. The van der Waals surface area contributed by atoms with Gasteiger partial charge in [0.05, 0.1) is 21.8 Å². The zero-order chi connectivity index (χ0) is 17.4. The first-order chi connectivity index (χ1) is 12.2. The number of halogens is 2. The van der Waals surface area contributed by atoms with E-state index in [0.29, 0.717) is 10.0 Å². The van der Waals surface area contributed by atoms with E-state index in [1.54, 1.807) is 0 Å². The van der Waals surface area contributed by atoms with Gasteiger partial charge in [0.1, 0.15) is 6.23 Å². The van der Waals surface area contributed by atoms with E-state index in [0.717, 1.165) is 53.7 Å². The van der Waals surface area contributed by atoms with Gasteiger partial charge >= 0.3 is 0 Å². The van der Waals surface area contributed by atoms with Gasteiger partial charge in [0, 0.05) is 47.7 Å². The molecule has 1 atom stereocenters. The fourth-order valence-electron chi connectivity index (χ4n) is 3.38. The molecule has 1 aliphatic rings. The molecule has 25 heavy (non-hydrogen) atoms. The van der Waals surface area contributed by atoms with E-state index in [4.69, 9.17) is 27.9 Å². The molecule has 132 valence electrons. The van der Waals surface area contributed by atoms with Crippen molar-refractivity contribution < 1.29 is 4.74 Å². The van der Waals surface area contributed by atoms with Crippen LogP contribution in [0, 0.1) is 0 Å². The Morgan fingerprint density at radius 2 is 2.28 bits per heavy atom. The third kappa shape index (κ3) is 3.01. The van der Waals surface area contributed by atoms with E-state index >= 15 is 0 Å². The van der Waals surface area contributed by atoms with E-state index < -0.39 is 0 Å². The maximum Gasteiger partial charge on any atom is 0.150 e. The van der Waals surface area contributed by atoms with Crippen LogP contribution in [0.1, 0.15) is 32.4 Å². The lowest BCUT2D eigenvalue weighted by Gasteiger charge is -2.22. The summed E-state index contributed by atoms with van der Waals surface area (Å²) in [4.78, 5) is 3.26. The van der Waals surface area contributed by atoms with Crippen LogP contribution >= 0.6 is 23.2 Å². The molecule has 0 radical (unpaired) electrons. The molecule has 1 aliphatic heterocycles. The average Bonchev–Trinajstić information content (AvgIpc) is 3.27. The summed E-state index contributed by atoms with van der Waals surface area (Å²) in [5.41, 5.74) is 3.87. The maximum absolute atomic E-state index is 6.39. The quantitative estimate of drug-likeness (QED) is 0.632. The highest BCUT2D eigenvalue weighted by atomic mass is 35.5. The first-order valence-electron chi connectivity index (χ1n) is 8.58. The number of benzene rings is 1. The summed E-state index contributed by atoms with van der Waals surface area (Å²) in [5, 5.41) is 9.98. The molecule has 1 aromatic carbocycles. The number of aromatic amines is 1. The van der Waals surface area contributed by atoms with Gasteiger partial charge in [-0.25, -0.2) is 4.68 Å². The molecule has 0 saturated carbocycles. The molecule has 1 unspecified atom stereocenters. The third-order valence-corrected chi connectivity index (χ3v) is 5.37. The van der Waals surface area contributed by atoms with Gasteiger partial charge in [-0.05, 0) is 32.3 Å². The lowest BCUT2D eigenvalue weighted by molar-refractivity contribution is -0.0394. The molecule has 5 nitrogen and oxygen atoms in total. The normalized spacial score (nSPS) is 18.0. The lowest BCUT2D eigenvalue weighted by atomic mass is 10.1. The van der Waals surface area contributed by atoms with E-state index in [2.05, 4.69) is 22.3 Å². The summed E-state index contributed by atoms with van der Waals surface area (Å²) in [6.45, 7) is 3.65. The zero-order valence-corrected chi connectivity index (χ0v) is 15.5. The van der Waals surface area contributed by atoms with Crippen molar-refractivity contribution in [2.24, 2.45) is 0 Å². The molecule has 3 heterocycles. The summed E-state index contributed by atoms with van der Waals surface area (Å²) in [7, 11) is 0.